The summed E-state index contributed by atoms with van der Waals surface area (Å²) in [5.41, 5.74) is 5.02. The molecule has 1 aliphatic heterocycles. The molecule has 0 bridgehead atoms. The zero-order valence-corrected chi connectivity index (χ0v) is 18.3. The van der Waals surface area contributed by atoms with Crippen molar-refractivity contribution in [3.8, 4) is 16.9 Å². The number of aryl methyl sites for hydroxylation is 1. The number of β-amino-alcohol motifs (C(OH)–C–C–N with tert-alkyl or cyclic N) is 1. The van der Waals surface area contributed by atoms with Gasteiger partial charge in [0.2, 0.25) is 0 Å². The van der Waals surface area contributed by atoms with Crippen molar-refractivity contribution in [1.82, 2.24) is 4.90 Å². The van der Waals surface area contributed by atoms with Crippen LogP contribution in [0.4, 0.5) is 5.69 Å². The van der Waals surface area contributed by atoms with Crippen molar-refractivity contribution in [2.45, 2.75) is 19.4 Å². The molecule has 0 radical (unpaired) electrons. The maximum Gasteiger partial charge on any atom is 0.119 e. The van der Waals surface area contributed by atoms with E-state index >= 15 is 0 Å². The summed E-state index contributed by atoms with van der Waals surface area (Å²) in [6.07, 6.45) is 0.578. The summed E-state index contributed by atoms with van der Waals surface area (Å²) in [6, 6.07) is 27.2. The fraction of sp³-hybridized carbons (Fsp3) is 0.333. The molecule has 1 saturated heterocycles. The molecular weight excluding hydrogens is 384 g/mol. The van der Waals surface area contributed by atoms with Crippen molar-refractivity contribution in [3.05, 3.63) is 84.4 Å². The van der Waals surface area contributed by atoms with Crippen LogP contribution in [0.15, 0.2) is 78.9 Å². The van der Waals surface area contributed by atoms with Gasteiger partial charge in [0, 0.05) is 38.4 Å². The number of ether oxygens (including phenoxy) is 1. The monoisotopic (exact) mass is 416 g/mol. The van der Waals surface area contributed by atoms with Crippen molar-refractivity contribution in [1.29, 1.82) is 0 Å². The molecule has 3 aromatic rings. The quantitative estimate of drug-likeness (QED) is 0.587. The Labute approximate surface area is 185 Å². The van der Waals surface area contributed by atoms with E-state index in [1.165, 1.54) is 16.8 Å². The Bertz CT molecular complexity index is 918. The van der Waals surface area contributed by atoms with E-state index in [2.05, 4.69) is 65.3 Å². The van der Waals surface area contributed by atoms with Gasteiger partial charge < -0.3 is 14.7 Å². The Hall–Kier alpha value is -2.82. The minimum absolute atomic E-state index is 0.309. The number of nitrogens with zero attached hydrogens (tertiary/aromatic N) is 2. The highest BCUT2D eigenvalue weighted by atomic mass is 16.5. The number of hydrogen-bond acceptors (Lipinski definition) is 4. The molecule has 0 spiro atoms. The van der Waals surface area contributed by atoms with Gasteiger partial charge in [-0.25, -0.2) is 0 Å². The van der Waals surface area contributed by atoms with E-state index in [1.807, 2.05) is 30.3 Å². The van der Waals surface area contributed by atoms with E-state index in [9.17, 15) is 5.11 Å². The van der Waals surface area contributed by atoms with Crippen LogP contribution in [0.1, 0.15) is 12.5 Å². The molecule has 0 unspecified atom stereocenters. The molecule has 0 aromatic heterocycles. The van der Waals surface area contributed by atoms with Gasteiger partial charge in [-0.05, 0) is 47.4 Å². The Morgan fingerprint density at radius 3 is 2.10 bits per heavy atom. The van der Waals surface area contributed by atoms with Crippen LogP contribution in [0.3, 0.4) is 0 Å². The first-order valence-corrected chi connectivity index (χ1v) is 11.2. The van der Waals surface area contributed by atoms with E-state index in [0.717, 1.165) is 43.9 Å². The van der Waals surface area contributed by atoms with Crippen molar-refractivity contribution in [2.75, 3.05) is 44.2 Å². The topological polar surface area (TPSA) is 35.9 Å². The van der Waals surface area contributed by atoms with Crippen molar-refractivity contribution >= 4 is 5.69 Å². The van der Waals surface area contributed by atoms with Crippen LogP contribution in [0.2, 0.25) is 0 Å². The number of hydrogen-bond donors (Lipinski definition) is 1. The third-order valence-corrected chi connectivity index (χ3v) is 5.95. The maximum atomic E-state index is 10.5. The average molecular weight is 417 g/mol. The van der Waals surface area contributed by atoms with Crippen LogP contribution in [0, 0.1) is 0 Å². The molecule has 162 valence electrons. The number of piperazine rings is 1. The molecular formula is C27H32N2O2. The average Bonchev–Trinajstić information content (AvgIpc) is 2.84. The second-order valence-corrected chi connectivity index (χ2v) is 8.16. The first-order valence-electron chi connectivity index (χ1n) is 11.2. The number of anilines is 1. The molecule has 1 fully saturated rings. The first-order chi connectivity index (χ1) is 15.2. The van der Waals surface area contributed by atoms with Gasteiger partial charge in [0.1, 0.15) is 18.5 Å². The second kappa shape index (κ2) is 10.5. The summed E-state index contributed by atoms with van der Waals surface area (Å²) < 4.78 is 5.83. The SMILES string of the molecule is CCc1ccc(N2CCN(C[C@H](O)COc3ccc(-c4ccccc4)cc3)CC2)cc1. The zero-order valence-electron chi connectivity index (χ0n) is 18.3. The number of rotatable bonds is 8. The molecule has 1 atom stereocenters. The summed E-state index contributed by atoms with van der Waals surface area (Å²) in [7, 11) is 0. The molecule has 31 heavy (non-hydrogen) atoms. The lowest BCUT2D eigenvalue weighted by Gasteiger charge is -2.37. The fourth-order valence-electron chi connectivity index (χ4n) is 4.05. The van der Waals surface area contributed by atoms with E-state index in [-0.39, 0.29) is 0 Å². The normalized spacial score (nSPS) is 15.6. The summed E-state index contributed by atoms with van der Waals surface area (Å²) in [5.74, 6) is 0.791. The van der Waals surface area contributed by atoms with Crippen molar-refractivity contribution in [3.63, 3.8) is 0 Å². The Balaban J connectivity index is 1.20. The molecule has 0 aliphatic carbocycles. The summed E-state index contributed by atoms with van der Waals surface area (Å²) in [4.78, 5) is 4.75. The predicted octanol–water partition coefficient (Wildman–Crippen LogP) is 4.48. The Morgan fingerprint density at radius 1 is 0.806 bits per heavy atom. The highest BCUT2D eigenvalue weighted by molar-refractivity contribution is 5.63. The van der Waals surface area contributed by atoms with Crippen LogP contribution in [-0.2, 0) is 6.42 Å². The van der Waals surface area contributed by atoms with Crippen LogP contribution >= 0.6 is 0 Å². The lowest BCUT2D eigenvalue weighted by molar-refractivity contribution is 0.0663. The molecule has 4 heteroatoms. The highest BCUT2D eigenvalue weighted by Crippen LogP contribution is 2.22. The third kappa shape index (κ3) is 5.87. The fourth-order valence-corrected chi connectivity index (χ4v) is 4.05. The number of benzene rings is 3. The summed E-state index contributed by atoms with van der Waals surface area (Å²) >= 11 is 0. The van der Waals surface area contributed by atoms with Gasteiger partial charge in [0.05, 0.1) is 0 Å². The Morgan fingerprint density at radius 2 is 1.45 bits per heavy atom. The molecule has 4 rings (SSSR count). The lowest BCUT2D eigenvalue weighted by Crippen LogP contribution is -2.49. The maximum absolute atomic E-state index is 10.5. The minimum Gasteiger partial charge on any atom is -0.491 e. The van der Waals surface area contributed by atoms with Crippen molar-refractivity contribution < 1.29 is 9.84 Å². The molecule has 1 heterocycles. The van der Waals surface area contributed by atoms with Crippen LogP contribution in [0.5, 0.6) is 5.75 Å². The molecule has 1 N–H and O–H groups in total. The van der Waals surface area contributed by atoms with Gasteiger partial charge in [-0.3, -0.25) is 4.90 Å². The number of aliphatic hydroxyl groups excluding tert-OH is 1. The molecule has 4 nitrogen and oxygen atoms in total. The van der Waals surface area contributed by atoms with E-state index in [1.54, 1.807) is 0 Å². The summed E-state index contributed by atoms with van der Waals surface area (Å²) in [5, 5.41) is 10.5. The third-order valence-electron chi connectivity index (χ3n) is 5.95. The minimum atomic E-state index is -0.496. The molecule has 1 aliphatic rings. The summed E-state index contributed by atoms with van der Waals surface area (Å²) in [6.45, 7) is 7.02. The van der Waals surface area contributed by atoms with E-state index in [4.69, 9.17) is 4.74 Å². The van der Waals surface area contributed by atoms with Crippen LogP contribution in [0.25, 0.3) is 11.1 Å². The standard InChI is InChI=1S/C27H32N2O2/c1-2-22-8-12-25(13-9-22)29-18-16-28(17-19-29)20-26(30)21-31-27-14-10-24(11-15-27)23-6-4-3-5-7-23/h3-15,26,30H,2,16-21H2,1H3/t26-/m0/s1. The smallest absolute Gasteiger partial charge is 0.119 e. The lowest BCUT2D eigenvalue weighted by atomic mass is 10.1. The molecule has 3 aromatic carbocycles. The van der Waals surface area contributed by atoms with Gasteiger partial charge in [-0.1, -0.05) is 61.5 Å². The van der Waals surface area contributed by atoms with E-state index < -0.39 is 6.10 Å². The number of aliphatic hydroxyl groups is 1. The first kappa shape index (κ1) is 21.4. The largest absolute Gasteiger partial charge is 0.491 e. The highest BCUT2D eigenvalue weighted by Gasteiger charge is 2.19. The van der Waals surface area contributed by atoms with Crippen LogP contribution in [-0.4, -0.2) is 55.4 Å². The predicted molar refractivity (Wildman–Crippen MR) is 128 cm³/mol. The molecule has 0 amide bonds. The van der Waals surface area contributed by atoms with Gasteiger partial charge in [0.15, 0.2) is 0 Å². The van der Waals surface area contributed by atoms with E-state index in [0.29, 0.717) is 13.2 Å². The van der Waals surface area contributed by atoms with Crippen molar-refractivity contribution in [2.24, 2.45) is 0 Å². The molecule has 0 saturated carbocycles. The van der Waals surface area contributed by atoms with Gasteiger partial charge in [-0.2, -0.15) is 0 Å². The van der Waals surface area contributed by atoms with Gasteiger partial charge in [-0.15, -0.1) is 0 Å². The van der Waals surface area contributed by atoms with Gasteiger partial charge >= 0.3 is 0 Å². The second-order valence-electron chi connectivity index (χ2n) is 8.16. The Kier molecular flexibility index (Phi) is 7.23. The van der Waals surface area contributed by atoms with Gasteiger partial charge in [0.25, 0.3) is 0 Å². The van der Waals surface area contributed by atoms with Crippen LogP contribution < -0.4 is 9.64 Å². The zero-order chi connectivity index (χ0) is 21.5.